The maximum absolute atomic E-state index is 13.4. The number of rotatable bonds is 6. The summed E-state index contributed by atoms with van der Waals surface area (Å²) in [6.07, 6.45) is -4.93. The van der Waals surface area contributed by atoms with E-state index in [4.69, 9.17) is 21.1 Å². The van der Waals surface area contributed by atoms with Crippen LogP contribution < -0.4 is 10.6 Å². The molecule has 0 heterocycles. The van der Waals surface area contributed by atoms with Crippen LogP contribution in [0.4, 0.5) is 24.5 Å². The van der Waals surface area contributed by atoms with Crippen LogP contribution in [0.5, 0.6) is 0 Å². The van der Waals surface area contributed by atoms with Gasteiger partial charge >= 0.3 is 29.9 Å². The summed E-state index contributed by atoms with van der Waals surface area (Å²) in [5.74, 6) is -5.58. The number of benzene rings is 3. The molecule has 8 nitrogen and oxygen atoms in total. The summed E-state index contributed by atoms with van der Waals surface area (Å²) < 4.78 is 50.0. The summed E-state index contributed by atoms with van der Waals surface area (Å²) in [5.41, 5.74) is -1.47. The highest BCUT2D eigenvalue weighted by atomic mass is 35.5. The van der Waals surface area contributed by atoms with Gasteiger partial charge in [0.1, 0.15) is 13.2 Å². The number of nitrogens with one attached hydrogen (secondary N) is 2. The lowest BCUT2D eigenvalue weighted by Crippen LogP contribution is -2.27. The minimum absolute atomic E-state index is 0.254. The van der Waals surface area contributed by atoms with Crippen molar-refractivity contribution in [1.29, 1.82) is 0 Å². The van der Waals surface area contributed by atoms with E-state index in [0.29, 0.717) is 23.3 Å². The van der Waals surface area contributed by atoms with Crippen LogP contribution >= 0.6 is 11.6 Å². The molecule has 0 aliphatic carbocycles. The highest BCUT2D eigenvalue weighted by molar-refractivity contribution is 6.43. The van der Waals surface area contributed by atoms with E-state index in [-0.39, 0.29) is 13.2 Å². The Morgan fingerprint density at radius 2 is 1.08 bits per heavy atom. The van der Waals surface area contributed by atoms with Gasteiger partial charge in [0.25, 0.3) is 0 Å². The van der Waals surface area contributed by atoms with Crippen molar-refractivity contribution >= 4 is 46.7 Å². The average molecular weight is 535 g/mol. The standard InChI is InChI=1S/C25H18ClF3N2O6/c26-20-18(30-21(32)23(34)36-13-15-7-3-1-4-8-15)11-17(25(27,28)29)12-19(20)31-22(33)24(35)37-14-16-9-5-2-6-10-16/h1-12H,13-14H2,(H,30,32)(H,31,33). The van der Waals surface area contributed by atoms with Gasteiger partial charge in [-0.3, -0.25) is 9.59 Å². The maximum Gasteiger partial charge on any atom is 0.416 e. The second-order valence-electron chi connectivity index (χ2n) is 7.41. The normalized spacial score (nSPS) is 10.8. The molecule has 0 unspecified atom stereocenters. The van der Waals surface area contributed by atoms with Crippen LogP contribution in [0.1, 0.15) is 16.7 Å². The van der Waals surface area contributed by atoms with E-state index in [0.717, 1.165) is 0 Å². The molecule has 0 saturated heterocycles. The summed E-state index contributed by atoms with van der Waals surface area (Å²) in [7, 11) is 0. The number of ether oxygens (including phenoxy) is 2. The minimum atomic E-state index is -4.93. The van der Waals surface area contributed by atoms with Crippen LogP contribution in [0.2, 0.25) is 5.02 Å². The molecule has 2 N–H and O–H groups in total. The molecule has 0 saturated carbocycles. The number of anilines is 2. The van der Waals surface area contributed by atoms with Crippen LogP contribution in [0.15, 0.2) is 72.8 Å². The number of esters is 2. The van der Waals surface area contributed by atoms with Crippen molar-refractivity contribution in [2.24, 2.45) is 0 Å². The molecule has 0 fully saturated rings. The van der Waals surface area contributed by atoms with Crippen molar-refractivity contribution in [3.63, 3.8) is 0 Å². The molecule has 0 aromatic heterocycles. The Kier molecular flexibility index (Phi) is 8.86. The molecule has 2 amide bonds. The highest BCUT2D eigenvalue weighted by Crippen LogP contribution is 2.39. The highest BCUT2D eigenvalue weighted by Gasteiger charge is 2.33. The number of hydrogen-bond acceptors (Lipinski definition) is 6. The fourth-order valence-electron chi connectivity index (χ4n) is 2.89. The SMILES string of the molecule is O=C(Nc1cc(C(F)(F)F)cc(NC(=O)C(=O)OCc2ccccc2)c1Cl)C(=O)OCc1ccccc1. The second kappa shape index (κ2) is 12.0. The Bertz CT molecular complexity index is 1210. The molecular weight excluding hydrogens is 517 g/mol. The topological polar surface area (TPSA) is 111 Å². The number of halogens is 4. The molecule has 0 bridgehead atoms. The number of carbonyl (C=O) groups is 4. The lowest BCUT2D eigenvalue weighted by Gasteiger charge is -2.16. The second-order valence-corrected chi connectivity index (χ2v) is 7.79. The lowest BCUT2D eigenvalue weighted by atomic mass is 10.1. The van der Waals surface area contributed by atoms with Gasteiger partial charge in [-0.25, -0.2) is 9.59 Å². The Balaban J connectivity index is 1.73. The van der Waals surface area contributed by atoms with E-state index >= 15 is 0 Å². The smallest absolute Gasteiger partial charge is 0.416 e. The average Bonchev–Trinajstić information content (AvgIpc) is 2.88. The molecule has 12 heteroatoms. The molecule has 3 rings (SSSR count). The molecule has 0 atom stereocenters. The third-order valence-corrected chi connectivity index (χ3v) is 5.10. The summed E-state index contributed by atoms with van der Waals surface area (Å²) >= 11 is 6.07. The maximum atomic E-state index is 13.4. The lowest BCUT2D eigenvalue weighted by molar-refractivity contribution is -0.153. The van der Waals surface area contributed by atoms with Crippen LogP contribution in [0.25, 0.3) is 0 Å². The number of amides is 2. The molecule has 0 radical (unpaired) electrons. The first-order valence-corrected chi connectivity index (χ1v) is 10.9. The van der Waals surface area contributed by atoms with Gasteiger partial charge in [0.05, 0.1) is 22.0 Å². The molecular formula is C25H18ClF3N2O6. The zero-order valence-electron chi connectivity index (χ0n) is 18.8. The summed E-state index contributed by atoms with van der Waals surface area (Å²) in [4.78, 5) is 48.5. The van der Waals surface area contributed by atoms with Crippen molar-refractivity contribution in [3.8, 4) is 0 Å². The fourth-order valence-corrected chi connectivity index (χ4v) is 3.10. The van der Waals surface area contributed by atoms with E-state index in [1.165, 1.54) is 0 Å². The number of alkyl halides is 3. The zero-order valence-corrected chi connectivity index (χ0v) is 19.6. The van der Waals surface area contributed by atoms with E-state index in [1.807, 2.05) is 10.6 Å². The number of carbonyl (C=O) groups excluding carboxylic acids is 4. The van der Waals surface area contributed by atoms with Crippen LogP contribution in [-0.2, 0) is 48.0 Å². The Morgan fingerprint density at radius 1 is 0.703 bits per heavy atom. The van der Waals surface area contributed by atoms with Crippen molar-refractivity contribution in [1.82, 2.24) is 0 Å². The molecule has 3 aromatic carbocycles. The Morgan fingerprint density at radius 3 is 1.43 bits per heavy atom. The minimum Gasteiger partial charge on any atom is -0.454 e. The predicted octanol–water partition coefficient (Wildman–Crippen LogP) is 4.72. The molecule has 0 aliphatic rings. The molecule has 0 aliphatic heterocycles. The van der Waals surface area contributed by atoms with Gasteiger partial charge in [-0.15, -0.1) is 0 Å². The quantitative estimate of drug-likeness (QED) is 0.350. The van der Waals surface area contributed by atoms with Gasteiger partial charge in [0, 0.05) is 0 Å². The van der Waals surface area contributed by atoms with Crippen molar-refractivity contribution in [2.75, 3.05) is 10.6 Å². The first kappa shape index (κ1) is 27.2. The third-order valence-electron chi connectivity index (χ3n) is 4.69. The van der Waals surface area contributed by atoms with E-state index in [1.54, 1.807) is 60.7 Å². The summed E-state index contributed by atoms with van der Waals surface area (Å²) in [6, 6.07) is 17.6. The van der Waals surface area contributed by atoms with Crippen molar-refractivity contribution in [2.45, 2.75) is 19.4 Å². The number of hydrogen-bond donors (Lipinski definition) is 2. The van der Waals surface area contributed by atoms with Gasteiger partial charge in [0.15, 0.2) is 0 Å². The first-order chi connectivity index (χ1) is 17.5. The molecule has 37 heavy (non-hydrogen) atoms. The fraction of sp³-hybridized carbons (Fsp3) is 0.120. The molecule has 3 aromatic rings. The van der Waals surface area contributed by atoms with Gasteiger partial charge in [0.2, 0.25) is 0 Å². The molecule has 0 spiro atoms. The zero-order chi connectivity index (χ0) is 27.0. The third kappa shape index (κ3) is 7.80. The van der Waals surface area contributed by atoms with Gasteiger partial charge < -0.3 is 20.1 Å². The van der Waals surface area contributed by atoms with Crippen molar-refractivity contribution < 1.29 is 41.8 Å². The summed E-state index contributed by atoms with van der Waals surface area (Å²) in [6.45, 7) is -0.508. The van der Waals surface area contributed by atoms with Gasteiger partial charge in [-0.05, 0) is 23.3 Å². The van der Waals surface area contributed by atoms with E-state index in [2.05, 4.69) is 0 Å². The van der Waals surface area contributed by atoms with Crippen molar-refractivity contribution in [3.05, 3.63) is 94.5 Å². The van der Waals surface area contributed by atoms with Crippen LogP contribution in [0.3, 0.4) is 0 Å². The van der Waals surface area contributed by atoms with Crippen LogP contribution in [-0.4, -0.2) is 23.8 Å². The Hall–Kier alpha value is -4.38. The monoisotopic (exact) mass is 534 g/mol. The van der Waals surface area contributed by atoms with E-state index < -0.39 is 51.9 Å². The van der Waals surface area contributed by atoms with Gasteiger partial charge in [-0.1, -0.05) is 72.3 Å². The van der Waals surface area contributed by atoms with E-state index in [9.17, 15) is 32.3 Å². The van der Waals surface area contributed by atoms with Crippen LogP contribution in [0, 0.1) is 0 Å². The van der Waals surface area contributed by atoms with Gasteiger partial charge in [-0.2, -0.15) is 13.2 Å². The predicted molar refractivity (Wildman–Crippen MR) is 126 cm³/mol. The summed E-state index contributed by atoms with van der Waals surface area (Å²) in [5, 5.41) is 3.30. The first-order valence-electron chi connectivity index (χ1n) is 10.5. The largest absolute Gasteiger partial charge is 0.454 e. The molecule has 192 valence electrons. The Labute approximate surface area is 213 Å².